The molecule has 2 aliphatic carbocycles. The van der Waals surface area contributed by atoms with E-state index in [1.807, 2.05) is 0 Å². The Morgan fingerprint density at radius 2 is 1.25 bits per heavy atom. The Hall–Kier alpha value is -1.73. The fraction of sp³-hybridized carbons (Fsp3) is 0.576. The minimum absolute atomic E-state index is 0. The van der Waals surface area contributed by atoms with Gasteiger partial charge in [0, 0.05) is 28.3 Å². The second kappa shape index (κ2) is 10.6. The van der Waals surface area contributed by atoms with Crippen molar-refractivity contribution in [1.29, 1.82) is 0 Å². The minimum Gasteiger partial charge on any atom is -0.251 e. The molecule has 2 unspecified atom stereocenters. The first-order chi connectivity index (χ1) is 16.3. The second-order valence-corrected chi connectivity index (χ2v) is 13.5. The van der Waals surface area contributed by atoms with Crippen molar-refractivity contribution in [3.8, 4) is 0 Å². The Morgan fingerprint density at radius 3 is 1.72 bits per heavy atom. The molecule has 0 amide bonds. The third kappa shape index (κ3) is 5.72. The van der Waals surface area contributed by atoms with E-state index in [4.69, 9.17) is 9.98 Å². The van der Waals surface area contributed by atoms with Gasteiger partial charge in [-0.3, -0.25) is 9.98 Å². The molecule has 2 aliphatic rings. The standard InChI is InChI=1S/C33H46N2.Ni/c1-20(2)25-12-11-13-26(21(3)4)31(25)35-30-23-15-14-22(18-23)29(30)34-28-19-24(32(5,6)7)16-17-27(28)33(8,9)10;/h11-13,16-17,19-23H,14-15,18H2,1-10H3;. The summed E-state index contributed by atoms with van der Waals surface area (Å²) in [4.78, 5) is 11.0. The van der Waals surface area contributed by atoms with Crippen LogP contribution in [0, 0.1) is 11.8 Å². The summed E-state index contributed by atoms with van der Waals surface area (Å²) in [6.45, 7) is 22.9. The Kier molecular flexibility index (Phi) is 8.46. The molecule has 0 aromatic heterocycles. The first kappa shape index (κ1) is 28.8. The van der Waals surface area contributed by atoms with Gasteiger partial charge in [0.15, 0.2) is 0 Å². The van der Waals surface area contributed by atoms with Gasteiger partial charge in [-0.05, 0) is 70.2 Å². The smallest absolute Gasteiger partial charge is 0.0703 e. The van der Waals surface area contributed by atoms with Crippen LogP contribution in [-0.4, -0.2) is 11.4 Å². The van der Waals surface area contributed by atoms with Crippen LogP contribution in [-0.2, 0) is 27.3 Å². The van der Waals surface area contributed by atoms with Crippen LogP contribution in [0.15, 0.2) is 46.4 Å². The number of rotatable bonds is 4. The van der Waals surface area contributed by atoms with E-state index < -0.39 is 0 Å². The molecule has 0 N–H and O–H groups in total. The van der Waals surface area contributed by atoms with E-state index in [9.17, 15) is 0 Å². The van der Waals surface area contributed by atoms with Gasteiger partial charge in [0.2, 0.25) is 0 Å². The molecule has 0 aliphatic heterocycles. The van der Waals surface area contributed by atoms with Gasteiger partial charge in [0.25, 0.3) is 0 Å². The van der Waals surface area contributed by atoms with Crippen LogP contribution in [0.2, 0.25) is 0 Å². The van der Waals surface area contributed by atoms with Gasteiger partial charge in [0.05, 0.1) is 22.8 Å². The van der Waals surface area contributed by atoms with E-state index in [2.05, 4.69) is 106 Å². The summed E-state index contributed by atoms with van der Waals surface area (Å²) in [7, 11) is 0. The molecular formula is C33H46N2Ni. The summed E-state index contributed by atoms with van der Waals surface area (Å²) in [5.41, 5.74) is 10.4. The van der Waals surface area contributed by atoms with Crippen molar-refractivity contribution in [1.82, 2.24) is 0 Å². The van der Waals surface area contributed by atoms with Gasteiger partial charge in [-0.2, -0.15) is 0 Å². The molecule has 4 rings (SSSR count). The summed E-state index contributed by atoms with van der Waals surface area (Å²) in [6, 6.07) is 13.7. The van der Waals surface area contributed by atoms with Gasteiger partial charge in [-0.15, -0.1) is 0 Å². The monoisotopic (exact) mass is 528 g/mol. The molecule has 36 heavy (non-hydrogen) atoms. The van der Waals surface area contributed by atoms with Crippen molar-refractivity contribution >= 4 is 22.8 Å². The van der Waals surface area contributed by atoms with Crippen LogP contribution in [0.1, 0.15) is 123 Å². The Morgan fingerprint density at radius 1 is 0.722 bits per heavy atom. The van der Waals surface area contributed by atoms with Crippen molar-refractivity contribution in [2.45, 2.75) is 111 Å². The maximum Gasteiger partial charge on any atom is 0.0703 e. The van der Waals surface area contributed by atoms with E-state index >= 15 is 0 Å². The minimum atomic E-state index is 0. The normalized spacial score (nSPS) is 22.2. The van der Waals surface area contributed by atoms with Crippen molar-refractivity contribution in [3.05, 3.63) is 58.7 Å². The average Bonchev–Trinajstić information content (AvgIpc) is 3.35. The average molecular weight is 529 g/mol. The van der Waals surface area contributed by atoms with E-state index in [0.717, 1.165) is 5.69 Å². The van der Waals surface area contributed by atoms with Crippen LogP contribution >= 0.6 is 0 Å². The van der Waals surface area contributed by atoms with Gasteiger partial charge >= 0.3 is 0 Å². The summed E-state index contributed by atoms with van der Waals surface area (Å²) in [5, 5.41) is 0. The molecule has 2 fully saturated rings. The number of para-hydroxylation sites is 1. The summed E-state index contributed by atoms with van der Waals surface area (Å²) >= 11 is 0. The SMILES string of the molecule is CC(C)c1cccc(C(C)C)c1N=C1C(=Nc2cc(C(C)(C)C)ccc2C(C)(C)C)C2CCC1C2.[Ni]. The van der Waals surface area contributed by atoms with Crippen molar-refractivity contribution < 1.29 is 16.5 Å². The number of hydrogen-bond acceptors (Lipinski definition) is 2. The van der Waals surface area contributed by atoms with E-state index in [-0.39, 0.29) is 27.3 Å². The molecule has 2 atom stereocenters. The van der Waals surface area contributed by atoms with Crippen LogP contribution < -0.4 is 0 Å². The Bertz CT molecular complexity index is 1130. The number of hydrogen-bond donors (Lipinski definition) is 0. The van der Waals surface area contributed by atoms with Crippen molar-refractivity contribution in [3.63, 3.8) is 0 Å². The fourth-order valence-corrected chi connectivity index (χ4v) is 5.81. The maximum atomic E-state index is 5.51. The quantitative estimate of drug-likeness (QED) is 0.352. The zero-order valence-corrected chi connectivity index (χ0v) is 25.1. The number of fused-ring (bicyclic) bond motifs is 2. The van der Waals surface area contributed by atoms with Crippen LogP contribution in [0.3, 0.4) is 0 Å². The fourth-order valence-electron chi connectivity index (χ4n) is 5.81. The molecule has 2 nitrogen and oxygen atoms in total. The molecule has 0 radical (unpaired) electrons. The molecule has 0 spiro atoms. The zero-order valence-electron chi connectivity index (χ0n) is 24.1. The first-order valence-electron chi connectivity index (χ1n) is 13.7. The topological polar surface area (TPSA) is 24.7 Å². The summed E-state index contributed by atoms with van der Waals surface area (Å²) < 4.78 is 0. The molecule has 0 heterocycles. The second-order valence-electron chi connectivity index (χ2n) is 13.5. The molecule has 2 saturated carbocycles. The predicted octanol–water partition coefficient (Wildman–Crippen LogP) is 9.80. The molecule has 3 heteroatoms. The van der Waals surface area contributed by atoms with Gasteiger partial charge < -0.3 is 0 Å². The molecule has 198 valence electrons. The predicted molar refractivity (Wildman–Crippen MR) is 153 cm³/mol. The van der Waals surface area contributed by atoms with E-state index in [1.54, 1.807) is 0 Å². The van der Waals surface area contributed by atoms with Crippen LogP contribution in [0.4, 0.5) is 11.4 Å². The number of aliphatic imine (C=N–C) groups is 2. The van der Waals surface area contributed by atoms with Crippen molar-refractivity contribution in [2.24, 2.45) is 21.8 Å². The number of benzene rings is 2. The molecule has 2 aromatic carbocycles. The first-order valence-corrected chi connectivity index (χ1v) is 13.7. The largest absolute Gasteiger partial charge is 0.251 e. The Labute approximate surface area is 230 Å². The molecule has 2 aromatic rings. The third-order valence-electron chi connectivity index (χ3n) is 7.96. The molecule has 0 saturated heterocycles. The summed E-state index contributed by atoms with van der Waals surface area (Å²) in [6.07, 6.45) is 3.70. The molecular weight excluding hydrogens is 483 g/mol. The van der Waals surface area contributed by atoms with Crippen LogP contribution in [0.5, 0.6) is 0 Å². The van der Waals surface area contributed by atoms with Crippen molar-refractivity contribution in [2.75, 3.05) is 0 Å². The summed E-state index contributed by atoms with van der Waals surface area (Å²) in [5.74, 6) is 1.98. The van der Waals surface area contributed by atoms with Gasteiger partial charge in [0.1, 0.15) is 0 Å². The Balaban J connectivity index is 0.00000361. The van der Waals surface area contributed by atoms with Crippen LogP contribution in [0.25, 0.3) is 0 Å². The van der Waals surface area contributed by atoms with E-state index in [1.165, 1.54) is 58.6 Å². The molecule has 2 bridgehead atoms. The third-order valence-corrected chi connectivity index (χ3v) is 7.96. The maximum absolute atomic E-state index is 5.51. The van der Waals surface area contributed by atoms with Gasteiger partial charge in [-0.1, -0.05) is 99.6 Å². The van der Waals surface area contributed by atoms with Gasteiger partial charge in [-0.25, -0.2) is 0 Å². The number of nitrogens with zero attached hydrogens (tertiary/aromatic N) is 2. The van der Waals surface area contributed by atoms with E-state index in [0.29, 0.717) is 23.7 Å². The zero-order chi connectivity index (χ0) is 25.7.